The van der Waals surface area contributed by atoms with Crippen LogP contribution in [0.25, 0.3) is 0 Å². The summed E-state index contributed by atoms with van der Waals surface area (Å²) in [6.45, 7) is 3.85. The van der Waals surface area contributed by atoms with Crippen molar-refractivity contribution in [3.8, 4) is 0 Å². The average Bonchev–Trinajstić information content (AvgIpc) is 3.30. The molecule has 2 amide bonds. The molecule has 0 saturated carbocycles. The summed E-state index contributed by atoms with van der Waals surface area (Å²) in [5, 5.41) is 11.8. The van der Waals surface area contributed by atoms with Gasteiger partial charge in [-0.1, -0.05) is 18.2 Å². The van der Waals surface area contributed by atoms with Gasteiger partial charge in [-0.3, -0.25) is 9.89 Å². The Bertz CT molecular complexity index is 929. The Morgan fingerprint density at radius 3 is 2.77 bits per heavy atom. The van der Waals surface area contributed by atoms with Crippen molar-refractivity contribution in [3.05, 3.63) is 47.2 Å². The summed E-state index contributed by atoms with van der Waals surface area (Å²) in [7, 11) is 0. The lowest BCUT2D eigenvalue weighted by Crippen LogP contribution is -2.33. The Balaban J connectivity index is 1.55. The monoisotopic (exact) mass is 440 g/mol. The second kappa shape index (κ2) is 9.38. The number of nitrogens with zero attached hydrogens (tertiary/aromatic N) is 1. The second-order valence-electron chi connectivity index (χ2n) is 7.47. The Morgan fingerprint density at radius 2 is 2.06 bits per heavy atom. The molecule has 3 rings (SSSR count). The van der Waals surface area contributed by atoms with Crippen LogP contribution in [0.5, 0.6) is 0 Å². The molecule has 0 radical (unpaired) electrons. The van der Waals surface area contributed by atoms with E-state index in [-0.39, 0.29) is 24.0 Å². The van der Waals surface area contributed by atoms with Gasteiger partial charge >= 0.3 is 12.3 Å². The zero-order valence-corrected chi connectivity index (χ0v) is 17.0. The molecule has 1 saturated heterocycles. The standard InChI is InChI=1S/C20H23F3N4O4/c1-11(2)24-19(29)31-13-8-16(30-10-13)15-9-17(27-26-15)25-18(28)7-12-5-3-4-6-14(12)20(21,22)23/h3-6,9,11,13,16H,7-8,10H2,1-2H3,(H,24,29)(H2,25,26,27,28)/t13-,16-/m0/s1. The quantitative estimate of drug-likeness (QED) is 0.637. The highest BCUT2D eigenvalue weighted by molar-refractivity contribution is 5.91. The molecule has 11 heteroatoms. The first-order chi connectivity index (χ1) is 14.6. The van der Waals surface area contributed by atoms with E-state index in [1.54, 1.807) is 0 Å². The molecular formula is C20H23F3N4O4. The summed E-state index contributed by atoms with van der Waals surface area (Å²) in [6, 6.07) is 6.41. The van der Waals surface area contributed by atoms with Crippen LogP contribution in [0.4, 0.5) is 23.8 Å². The number of alkyl halides is 3. The van der Waals surface area contributed by atoms with E-state index < -0.39 is 42.4 Å². The van der Waals surface area contributed by atoms with Crippen LogP contribution in [-0.2, 0) is 26.9 Å². The van der Waals surface area contributed by atoms with E-state index >= 15 is 0 Å². The number of ether oxygens (including phenoxy) is 2. The molecule has 3 N–H and O–H groups in total. The van der Waals surface area contributed by atoms with Crippen LogP contribution in [0.2, 0.25) is 0 Å². The minimum atomic E-state index is -4.54. The Kier molecular flexibility index (Phi) is 6.84. The molecule has 168 valence electrons. The van der Waals surface area contributed by atoms with E-state index in [4.69, 9.17) is 9.47 Å². The van der Waals surface area contributed by atoms with Crippen molar-refractivity contribution < 1.29 is 32.2 Å². The number of aromatic nitrogens is 2. The number of benzene rings is 1. The van der Waals surface area contributed by atoms with Crippen molar-refractivity contribution in [2.45, 2.75) is 51.1 Å². The first-order valence-corrected chi connectivity index (χ1v) is 9.71. The number of alkyl carbamates (subject to hydrolysis) is 1. The first-order valence-electron chi connectivity index (χ1n) is 9.71. The summed E-state index contributed by atoms with van der Waals surface area (Å²) in [5.74, 6) is -0.469. The Morgan fingerprint density at radius 1 is 1.32 bits per heavy atom. The van der Waals surface area contributed by atoms with Gasteiger partial charge in [-0.05, 0) is 25.5 Å². The zero-order valence-electron chi connectivity index (χ0n) is 17.0. The van der Waals surface area contributed by atoms with E-state index in [0.29, 0.717) is 12.1 Å². The van der Waals surface area contributed by atoms with Crippen molar-refractivity contribution >= 4 is 17.8 Å². The smallest absolute Gasteiger partial charge is 0.416 e. The van der Waals surface area contributed by atoms with E-state index in [1.165, 1.54) is 24.3 Å². The predicted molar refractivity (Wildman–Crippen MR) is 104 cm³/mol. The average molecular weight is 440 g/mol. The first kappa shape index (κ1) is 22.6. The van der Waals surface area contributed by atoms with Gasteiger partial charge < -0.3 is 20.1 Å². The molecule has 1 aliphatic rings. The molecular weight excluding hydrogens is 417 g/mol. The van der Waals surface area contributed by atoms with Crippen LogP contribution in [0.1, 0.15) is 43.2 Å². The summed E-state index contributed by atoms with van der Waals surface area (Å²) in [6.07, 6.45) is -5.95. The largest absolute Gasteiger partial charge is 0.444 e. The molecule has 0 unspecified atom stereocenters. The lowest BCUT2D eigenvalue weighted by molar-refractivity contribution is -0.138. The molecule has 31 heavy (non-hydrogen) atoms. The topological polar surface area (TPSA) is 105 Å². The molecule has 2 atom stereocenters. The Labute approximate surface area is 176 Å². The van der Waals surface area contributed by atoms with Crippen molar-refractivity contribution in [1.29, 1.82) is 0 Å². The molecule has 1 aromatic carbocycles. The van der Waals surface area contributed by atoms with Gasteiger partial charge in [-0.25, -0.2) is 4.79 Å². The highest BCUT2D eigenvalue weighted by Gasteiger charge is 2.33. The number of amides is 2. The molecule has 8 nitrogen and oxygen atoms in total. The summed E-state index contributed by atoms with van der Waals surface area (Å²) in [4.78, 5) is 23.9. The van der Waals surface area contributed by atoms with Crippen LogP contribution in [-0.4, -0.2) is 41.0 Å². The number of carbonyl (C=O) groups is 2. The lowest BCUT2D eigenvalue weighted by atomic mass is 10.0. The van der Waals surface area contributed by atoms with Gasteiger partial charge in [0.15, 0.2) is 5.82 Å². The number of nitrogens with one attached hydrogen (secondary N) is 3. The van der Waals surface area contributed by atoms with Gasteiger partial charge in [0, 0.05) is 18.5 Å². The minimum Gasteiger partial charge on any atom is -0.444 e. The lowest BCUT2D eigenvalue weighted by Gasteiger charge is -2.13. The molecule has 0 aliphatic carbocycles. The normalized spacial score (nSPS) is 18.8. The fraction of sp³-hybridized carbons (Fsp3) is 0.450. The van der Waals surface area contributed by atoms with Gasteiger partial charge in [-0.15, -0.1) is 0 Å². The maximum Gasteiger partial charge on any atom is 0.416 e. The van der Waals surface area contributed by atoms with E-state index in [2.05, 4.69) is 20.8 Å². The highest BCUT2D eigenvalue weighted by atomic mass is 19.4. The number of halogens is 3. The van der Waals surface area contributed by atoms with Crippen LogP contribution in [0, 0.1) is 0 Å². The fourth-order valence-corrected chi connectivity index (χ4v) is 3.19. The number of carbonyl (C=O) groups excluding carboxylic acids is 2. The molecule has 1 fully saturated rings. The van der Waals surface area contributed by atoms with Crippen molar-refractivity contribution in [3.63, 3.8) is 0 Å². The van der Waals surface area contributed by atoms with Gasteiger partial charge in [0.05, 0.1) is 24.3 Å². The molecule has 2 aromatic rings. The van der Waals surface area contributed by atoms with Crippen LogP contribution in [0.15, 0.2) is 30.3 Å². The maximum absolute atomic E-state index is 13.1. The minimum absolute atomic E-state index is 0.0486. The third-order valence-corrected chi connectivity index (χ3v) is 4.53. The number of hydrogen-bond donors (Lipinski definition) is 3. The van der Waals surface area contributed by atoms with Gasteiger partial charge in [0.1, 0.15) is 12.2 Å². The maximum atomic E-state index is 13.1. The van der Waals surface area contributed by atoms with Crippen LogP contribution < -0.4 is 10.6 Å². The zero-order chi connectivity index (χ0) is 22.6. The molecule has 1 aliphatic heterocycles. The Hall–Kier alpha value is -3.08. The van der Waals surface area contributed by atoms with Crippen molar-refractivity contribution in [1.82, 2.24) is 15.5 Å². The summed E-state index contributed by atoms with van der Waals surface area (Å²) >= 11 is 0. The van der Waals surface area contributed by atoms with Gasteiger partial charge in [0.25, 0.3) is 0 Å². The second-order valence-corrected chi connectivity index (χ2v) is 7.47. The number of anilines is 1. The van der Waals surface area contributed by atoms with Crippen molar-refractivity contribution in [2.75, 3.05) is 11.9 Å². The third-order valence-electron chi connectivity index (χ3n) is 4.53. The molecule has 0 bridgehead atoms. The summed E-state index contributed by atoms with van der Waals surface area (Å²) < 4.78 is 50.1. The number of aromatic amines is 1. The van der Waals surface area contributed by atoms with Crippen LogP contribution >= 0.6 is 0 Å². The van der Waals surface area contributed by atoms with Crippen molar-refractivity contribution in [2.24, 2.45) is 0 Å². The summed E-state index contributed by atoms with van der Waals surface area (Å²) in [5.41, 5.74) is -0.414. The van der Waals surface area contributed by atoms with E-state index in [0.717, 1.165) is 6.07 Å². The van der Waals surface area contributed by atoms with Gasteiger partial charge in [0.2, 0.25) is 5.91 Å². The SMILES string of the molecule is CC(C)NC(=O)O[C@@H]1CO[C@H](c2cc(NC(=O)Cc3ccccc3C(F)(F)F)n[nH]2)C1. The van der Waals surface area contributed by atoms with Crippen LogP contribution in [0.3, 0.4) is 0 Å². The number of rotatable bonds is 6. The van der Waals surface area contributed by atoms with E-state index in [1.807, 2.05) is 13.8 Å². The van der Waals surface area contributed by atoms with Gasteiger partial charge in [-0.2, -0.15) is 18.3 Å². The molecule has 1 aromatic heterocycles. The van der Waals surface area contributed by atoms with E-state index in [9.17, 15) is 22.8 Å². The third kappa shape index (κ3) is 6.20. The highest BCUT2D eigenvalue weighted by Crippen LogP contribution is 2.32. The molecule has 2 heterocycles. The fourth-order valence-electron chi connectivity index (χ4n) is 3.19. The molecule has 0 spiro atoms. The number of H-pyrrole nitrogens is 1. The number of hydrogen-bond acceptors (Lipinski definition) is 5. The predicted octanol–water partition coefficient (Wildman–Crippen LogP) is 3.57.